The van der Waals surface area contributed by atoms with Crippen LogP contribution in [0.1, 0.15) is 16.7 Å². The molecule has 0 atom stereocenters. The molecule has 1 heterocycles. The number of hydrogen-bond donors (Lipinski definition) is 0. The summed E-state index contributed by atoms with van der Waals surface area (Å²) in [6.07, 6.45) is 1.50. The van der Waals surface area contributed by atoms with Gasteiger partial charge in [-0.05, 0) is 53.6 Å². The highest BCUT2D eigenvalue weighted by molar-refractivity contribution is 6.34. The molecule has 3 aromatic carbocycles. The van der Waals surface area contributed by atoms with Crippen LogP contribution in [0.4, 0.5) is 8.78 Å². The predicted octanol–water partition coefficient (Wildman–Crippen LogP) is 6.20. The van der Waals surface area contributed by atoms with Crippen molar-refractivity contribution in [3.05, 3.63) is 105 Å². The number of hydrogen-bond acceptors (Lipinski definition) is 4. The summed E-state index contributed by atoms with van der Waals surface area (Å²) < 4.78 is 37.7. The average Bonchev–Trinajstić information content (AvgIpc) is 3.10. The third-order valence-corrected chi connectivity index (χ3v) is 4.91. The number of carbonyl (C=O) groups is 1. The van der Waals surface area contributed by atoms with Crippen LogP contribution in [0.2, 0.25) is 10.0 Å². The normalized spacial score (nSPS) is 14.5. The van der Waals surface area contributed by atoms with Gasteiger partial charge in [0.1, 0.15) is 12.4 Å². The number of esters is 1. The van der Waals surface area contributed by atoms with E-state index in [9.17, 15) is 13.6 Å². The minimum absolute atomic E-state index is 0.00866. The molecule has 0 amide bonds. The summed E-state index contributed by atoms with van der Waals surface area (Å²) in [6, 6.07) is 15.9. The summed E-state index contributed by atoms with van der Waals surface area (Å²) in [7, 11) is 0. The van der Waals surface area contributed by atoms with E-state index in [0.717, 1.165) is 17.7 Å². The molecular weight excluding hydrogens is 447 g/mol. The minimum atomic E-state index is -1.12. The van der Waals surface area contributed by atoms with Gasteiger partial charge >= 0.3 is 5.97 Å². The monoisotopic (exact) mass is 459 g/mol. The van der Waals surface area contributed by atoms with Gasteiger partial charge in [0.15, 0.2) is 17.3 Å². The predicted molar refractivity (Wildman–Crippen MR) is 114 cm³/mol. The first kappa shape index (κ1) is 21.0. The summed E-state index contributed by atoms with van der Waals surface area (Å²) in [6.45, 7) is 0.343. The van der Waals surface area contributed by atoms with Gasteiger partial charge in [0.25, 0.3) is 0 Å². The van der Waals surface area contributed by atoms with Gasteiger partial charge < -0.3 is 9.47 Å². The molecule has 0 spiro atoms. The maximum atomic E-state index is 13.5. The third kappa shape index (κ3) is 4.93. The Balaban J connectivity index is 1.54. The standard InChI is InChI=1S/C23H13Cl2F2NO3/c24-15-6-4-13(5-7-15)12-30-16-3-1-2-14(8-16)9-21-23(29)31-22(28-21)17-10-19(26)20(27)11-18(17)25/h1-11H,12H2. The van der Waals surface area contributed by atoms with Crippen LogP contribution >= 0.6 is 23.2 Å². The zero-order valence-electron chi connectivity index (χ0n) is 15.7. The SMILES string of the molecule is O=C1OC(c2cc(F)c(F)cc2Cl)=NC1=Cc1cccc(OCc2ccc(Cl)cc2)c1. The first-order valence-electron chi connectivity index (χ1n) is 9.04. The molecule has 0 saturated heterocycles. The fourth-order valence-electron chi connectivity index (χ4n) is 2.81. The maximum absolute atomic E-state index is 13.5. The Morgan fingerprint density at radius 3 is 2.52 bits per heavy atom. The van der Waals surface area contributed by atoms with Crippen molar-refractivity contribution < 1.29 is 23.0 Å². The van der Waals surface area contributed by atoms with Crippen LogP contribution in [-0.2, 0) is 16.1 Å². The smallest absolute Gasteiger partial charge is 0.363 e. The molecule has 4 nitrogen and oxygen atoms in total. The molecule has 1 aliphatic rings. The number of aliphatic imine (C=N–C) groups is 1. The molecule has 0 N–H and O–H groups in total. The van der Waals surface area contributed by atoms with Crippen molar-refractivity contribution >= 4 is 41.1 Å². The molecule has 31 heavy (non-hydrogen) atoms. The molecule has 8 heteroatoms. The first-order valence-corrected chi connectivity index (χ1v) is 9.79. The van der Waals surface area contributed by atoms with Crippen molar-refractivity contribution in [1.29, 1.82) is 0 Å². The van der Waals surface area contributed by atoms with Gasteiger partial charge in [-0.3, -0.25) is 0 Å². The first-order chi connectivity index (χ1) is 14.9. The Kier molecular flexibility index (Phi) is 6.02. The van der Waals surface area contributed by atoms with Crippen LogP contribution in [0.3, 0.4) is 0 Å². The quantitative estimate of drug-likeness (QED) is 0.259. The minimum Gasteiger partial charge on any atom is -0.489 e. The van der Waals surface area contributed by atoms with E-state index in [0.29, 0.717) is 22.9 Å². The van der Waals surface area contributed by atoms with Crippen molar-refractivity contribution in [3.8, 4) is 5.75 Å². The Labute approximate surface area is 186 Å². The molecule has 0 bridgehead atoms. The van der Waals surface area contributed by atoms with Crippen LogP contribution in [-0.4, -0.2) is 11.9 Å². The molecule has 3 aromatic rings. The summed E-state index contributed by atoms with van der Waals surface area (Å²) in [5, 5.41) is 0.523. The Bertz CT molecular complexity index is 1220. The molecule has 0 aromatic heterocycles. The zero-order valence-corrected chi connectivity index (χ0v) is 17.3. The molecule has 4 rings (SSSR count). The summed E-state index contributed by atoms with van der Waals surface area (Å²) in [5.74, 6) is -2.58. The van der Waals surface area contributed by atoms with Crippen LogP contribution in [0, 0.1) is 11.6 Å². The number of rotatable bonds is 5. The van der Waals surface area contributed by atoms with E-state index in [-0.39, 0.29) is 22.2 Å². The van der Waals surface area contributed by atoms with Gasteiger partial charge in [-0.25, -0.2) is 18.6 Å². The fraction of sp³-hybridized carbons (Fsp3) is 0.0435. The second kappa shape index (κ2) is 8.88. The van der Waals surface area contributed by atoms with E-state index in [1.54, 1.807) is 36.4 Å². The van der Waals surface area contributed by atoms with Crippen molar-refractivity contribution in [2.24, 2.45) is 4.99 Å². The van der Waals surface area contributed by atoms with E-state index in [2.05, 4.69) is 4.99 Å². The topological polar surface area (TPSA) is 47.9 Å². The zero-order chi connectivity index (χ0) is 22.0. The van der Waals surface area contributed by atoms with Gasteiger partial charge in [-0.2, -0.15) is 0 Å². The molecule has 0 unspecified atom stereocenters. The lowest BCUT2D eigenvalue weighted by Crippen LogP contribution is -2.07. The molecule has 1 aliphatic heterocycles. The Hall–Kier alpha value is -3.22. The fourth-order valence-corrected chi connectivity index (χ4v) is 3.17. The average molecular weight is 460 g/mol. The van der Waals surface area contributed by atoms with Gasteiger partial charge in [0.05, 0.1) is 10.6 Å². The number of nitrogens with zero attached hydrogens (tertiary/aromatic N) is 1. The van der Waals surface area contributed by atoms with Crippen molar-refractivity contribution in [2.45, 2.75) is 6.61 Å². The van der Waals surface area contributed by atoms with Gasteiger partial charge in [-0.1, -0.05) is 47.5 Å². The molecule has 0 aliphatic carbocycles. The second-order valence-corrected chi connectivity index (χ2v) is 7.41. The van der Waals surface area contributed by atoms with E-state index in [1.807, 2.05) is 12.1 Å². The number of halogens is 4. The second-order valence-electron chi connectivity index (χ2n) is 6.57. The summed E-state index contributed by atoms with van der Waals surface area (Å²) in [4.78, 5) is 16.3. The highest BCUT2D eigenvalue weighted by Crippen LogP contribution is 2.26. The lowest BCUT2D eigenvalue weighted by Gasteiger charge is -2.07. The van der Waals surface area contributed by atoms with Gasteiger partial charge in [-0.15, -0.1) is 0 Å². The molecule has 0 radical (unpaired) electrons. The maximum Gasteiger partial charge on any atom is 0.363 e. The molecule has 0 saturated carbocycles. The summed E-state index contributed by atoms with van der Waals surface area (Å²) in [5.41, 5.74) is 1.56. The lowest BCUT2D eigenvalue weighted by molar-refractivity contribution is -0.129. The van der Waals surface area contributed by atoms with Crippen LogP contribution in [0.15, 0.2) is 71.4 Å². The van der Waals surface area contributed by atoms with Crippen molar-refractivity contribution in [1.82, 2.24) is 0 Å². The van der Waals surface area contributed by atoms with Gasteiger partial charge in [0.2, 0.25) is 5.90 Å². The van der Waals surface area contributed by atoms with E-state index >= 15 is 0 Å². The van der Waals surface area contributed by atoms with Gasteiger partial charge in [0, 0.05) is 5.02 Å². The van der Waals surface area contributed by atoms with Crippen LogP contribution in [0.25, 0.3) is 6.08 Å². The third-order valence-electron chi connectivity index (χ3n) is 4.34. The van der Waals surface area contributed by atoms with E-state index < -0.39 is 17.6 Å². The molecule has 156 valence electrons. The molecule has 0 fully saturated rings. The number of carbonyl (C=O) groups excluding carboxylic acids is 1. The largest absolute Gasteiger partial charge is 0.489 e. The van der Waals surface area contributed by atoms with E-state index in [4.69, 9.17) is 32.7 Å². The van der Waals surface area contributed by atoms with Crippen LogP contribution in [0.5, 0.6) is 5.75 Å². The van der Waals surface area contributed by atoms with Crippen molar-refractivity contribution in [2.75, 3.05) is 0 Å². The number of benzene rings is 3. The highest BCUT2D eigenvalue weighted by atomic mass is 35.5. The number of cyclic esters (lactones) is 1. The highest BCUT2D eigenvalue weighted by Gasteiger charge is 2.26. The summed E-state index contributed by atoms with van der Waals surface area (Å²) >= 11 is 11.8. The van der Waals surface area contributed by atoms with Crippen molar-refractivity contribution in [3.63, 3.8) is 0 Å². The number of ether oxygens (including phenoxy) is 2. The van der Waals surface area contributed by atoms with E-state index in [1.165, 1.54) is 6.08 Å². The van der Waals surface area contributed by atoms with Crippen LogP contribution < -0.4 is 4.74 Å². The Morgan fingerprint density at radius 1 is 1.00 bits per heavy atom. The lowest BCUT2D eigenvalue weighted by atomic mass is 10.2. The molecular formula is C23H13Cl2F2NO3. The Morgan fingerprint density at radius 2 is 1.74 bits per heavy atom.